The van der Waals surface area contributed by atoms with Crippen molar-refractivity contribution in [2.24, 2.45) is 5.92 Å². The lowest BCUT2D eigenvalue weighted by atomic mass is 9.96. The van der Waals surface area contributed by atoms with Crippen molar-refractivity contribution >= 4 is 16.6 Å². The first kappa shape index (κ1) is 9.41. The van der Waals surface area contributed by atoms with Crippen LogP contribution < -0.4 is 0 Å². The van der Waals surface area contributed by atoms with Gasteiger partial charge in [0.25, 0.3) is 0 Å². The third kappa shape index (κ3) is 1.28. The standard InChI is InChI=1S/C16H14O/c17-16(12-6-7-12)14-9-8-11-5-4-10-2-1-3-13(14)15(10)11/h1-3,8-9,12H,4-7H2. The predicted molar refractivity (Wildman–Crippen MR) is 68.4 cm³/mol. The Hall–Kier alpha value is -1.63. The molecule has 0 saturated heterocycles. The Morgan fingerprint density at radius 1 is 1.00 bits per heavy atom. The second kappa shape index (κ2) is 3.19. The van der Waals surface area contributed by atoms with Crippen LogP contribution in [-0.4, -0.2) is 5.78 Å². The fourth-order valence-electron chi connectivity index (χ4n) is 3.03. The quantitative estimate of drug-likeness (QED) is 0.710. The van der Waals surface area contributed by atoms with Crippen LogP contribution in [0.4, 0.5) is 0 Å². The summed E-state index contributed by atoms with van der Waals surface area (Å²) in [6.07, 6.45) is 4.44. The maximum atomic E-state index is 12.3. The van der Waals surface area contributed by atoms with Crippen molar-refractivity contribution in [3.8, 4) is 0 Å². The molecule has 1 nitrogen and oxygen atoms in total. The van der Waals surface area contributed by atoms with Crippen molar-refractivity contribution in [1.29, 1.82) is 0 Å². The number of hydrogen-bond donors (Lipinski definition) is 0. The topological polar surface area (TPSA) is 17.1 Å². The molecule has 0 unspecified atom stereocenters. The van der Waals surface area contributed by atoms with Gasteiger partial charge in [0, 0.05) is 11.5 Å². The highest BCUT2D eigenvalue weighted by Crippen LogP contribution is 2.37. The van der Waals surface area contributed by atoms with E-state index < -0.39 is 0 Å². The van der Waals surface area contributed by atoms with Gasteiger partial charge in [-0.05, 0) is 47.6 Å². The van der Waals surface area contributed by atoms with E-state index in [0.29, 0.717) is 11.7 Å². The number of Topliss-reactive ketones (excluding diaryl/α,β-unsaturated/α-hetero) is 1. The van der Waals surface area contributed by atoms with Crippen molar-refractivity contribution in [3.05, 3.63) is 47.0 Å². The van der Waals surface area contributed by atoms with Gasteiger partial charge in [0.2, 0.25) is 0 Å². The summed E-state index contributed by atoms with van der Waals surface area (Å²) in [5.74, 6) is 0.675. The molecular formula is C16H14O. The highest BCUT2D eigenvalue weighted by atomic mass is 16.1. The van der Waals surface area contributed by atoms with E-state index in [1.807, 2.05) is 6.07 Å². The van der Waals surface area contributed by atoms with Crippen LogP contribution in [0, 0.1) is 5.92 Å². The van der Waals surface area contributed by atoms with E-state index in [9.17, 15) is 4.79 Å². The molecule has 0 amide bonds. The molecule has 2 aromatic carbocycles. The SMILES string of the molecule is O=C(c1ccc2c3c(cccc13)CC2)C1CC1. The molecule has 2 aliphatic carbocycles. The number of benzene rings is 2. The minimum absolute atomic E-state index is 0.313. The van der Waals surface area contributed by atoms with E-state index in [2.05, 4.69) is 24.3 Å². The van der Waals surface area contributed by atoms with Crippen LogP contribution in [0.25, 0.3) is 10.8 Å². The van der Waals surface area contributed by atoms with Gasteiger partial charge in [-0.1, -0.05) is 30.3 Å². The van der Waals surface area contributed by atoms with Crippen molar-refractivity contribution in [2.75, 3.05) is 0 Å². The molecule has 0 radical (unpaired) electrons. The molecule has 0 aliphatic heterocycles. The number of hydrogen-bond acceptors (Lipinski definition) is 1. The van der Waals surface area contributed by atoms with Crippen LogP contribution in [0.3, 0.4) is 0 Å². The molecule has 0 bridgehead atoms. The Labute approximate surface area is 100 Å². The van der Waals surface area contributed by atoms with E-state index in [0.717, 1.165) is 31.2 Å². The molecule has 2 aromatic rings. The molecule has 0 spiro atoms. The third-order valence-electron chi connectivity index (χ3n) is 4.09. The minimum atomic E-state index is 0.313. The molecule has 84 valence electrons. The Kier molecular flexibility index (Phi) is 1.77. The van der Waals surface area contributed by atoms with Crippen LogP contribution in [-0.2, 0) is 12.8 Å². The Morgan fingerprint density at radius 3 is 2.53 bits per heavy atom. The van der Waals surface area contributed by atoms with Gasteiger partial charge in [0.15, 0.2) is 5.78 Å². The van der Waals surface area contributed by atoms with Crippen LogP contribution in [0.2, 0.25) is 0 Å². The minimum Gasteiger partial charge on any atom is -0.294 e. The summed E-state index contributed by atoms with van der Waals surface area (Å²) in [6.45, 7) is 0. The maximum absolute atomic E-state index is 12.3. The second-order valence-electron chi connectivity index (χ2n) is 5.25. The fourth-order valence-corrected chi connectivity index (χ4v) is 3.03. The predicted octanol–water partition coefficient (Wildman–Crippen LogP) is 3.53. The van der Waals surface area contributed by atoms with E-state index in [1.165, 1.54) is 21.9 Å². The lowest BCUT2D eigenvalue weighted by molar-refractivity contribution is 0.0969. The van der Waals surface area contributed by atoms with Crippen molar-refractivity contribution in [2.45, 2.75) is 25.7 Å². The first-order valence-corrected chi connectivity index (χ1v) is 6.42. The van der Waals surface area contributed by atoms with E-state index in [-0.39, 0.29) is 0 Å². The van der Waals surface area contributed by atoms with Gasteiger partial charge in [-0.2, -0.15) is 0 Å². The zero-order valence-corrected chi connectivity index (χ0v) is 9.70. The molecule has 0 aromatic heterocycles. The molecule has 1 heteroatoms. The van der Waals surface area contributed by atoms with Crippen molar-refractivity contribution in [1.82, 2.24) is 0 Å². The summed E-state index contributed by atoms with van der Waals surface area (Å²) < 4.78 is 0. The van der Waals surface area contributed by atoms with Crippen molar-refractivity contribution < 1.29 is 4.79 Å². The first-order valence-electron chi connectivity index (χ1n) is 6.42. The van der Waals surface area contributed by atoms with Gasteiger partial charge in [0.05, 0.1) is 0 Å². The van der Waals surface area contributed by atoms with Gasteiger partial charge >= 0.3 is 0 Å². The zero-order chi connectivity index (χ0) is 11.4. The lowest BCUT2D eigenvalue weighted by Gasteiger charge is -2.07. The highest BCUT2D eigenvalue weighted by molar-refractivity contribution is 6.11. The average Bonchev–Trinajstić information content (AvgIpc) is 3.13. The zero-order valence-electron chi connectivity index (χ0n) is 9.70. The first-order chi connectivity index (χ1) is 8.34. The van der Waals surface area contributed by atoms with E-state index in [4.69, 9.17) is 0 Å². The van der Waals surface area contributed by atoms with Crippen LogP contribution in [0.5, 0.6) is 0 Å². The molecule has 1 fully saturated rings. The third-order valence-corrected chi connectivity index (χ3v) is 4.09. The lowest BCUT2D eigenvalue weighted by Crippen LogP contribution is -2.02. The van der Waals surface area contributed by atoms with E-state index >= 15 is 0 Å². The Balaban J connectivity index is 2.02. The van der Waals surface area contributed by atoms with Gasteiger partial charge in [-0.3, -0.25) is 4.79 Å². The number of carbonyl (C=O) groups is 1. The fraction of sp³-hybridized carbons (Fsp3) is 0.312. The Bertz CT molecular complexity index is 625. The largest absolute Gasteiger partial charge is 0.294 e. The number of ketones is 1. The van der Waals surface area contributed by atoms with E-state index in [1.54, 1.807) is 0 Å². The molecule has 2 aliphatic rings. The summed E-state index contributed by atoms with van der Waals surface area (Å²) in [5, 5.41) is 2.55. The maximum Gasteiger partial charge on any atom is 0.166 e. The average molecular weight is 222 g/mol. The van der Waals surface area contributed by atoms with Gasteiger partial charge in [-0.15, -0.1) is 0 Å². The van der Waals surface area contributed by atoms with Crippen LogP contribution >= 0.6 is 0 Å². The summed E-state index contributed by atoms with van der Waals surface area (Å²) in [5.41, 5.74) is 3.79. The molecule has 0 heterocycles. The van der Waals surface area contributed by atoms with Crippen LogP contribution in [0.1, 0.15) is 34.3 Å². The Morgan fingerprint density at radius 2 is 1.76 bits per heavy atom. The normalized spacial score (nSPS) is 17.6. The van der Waals surface area contributed by atoms with Gasteiger partial charge in [0.1, 0.15) is 0 Å². The summed E-state index contributed by atoms with van der Waals surface area (Å²) in [4.78, 5) is 12.3. The van der Waals surface area contributed by atoms with Gasteiger partial charge < -0.3 is 0 Å². The number of rotatable bonds is 2. The summed E-state index contributed by atoms with van der Waals surface area (Å²) >= 11 is 0. The molecule has 0 N–H and O–H groups in total. The van der Waals surface area contributed by atoms with Gasteiger partial charge in [-0.25, -0.2) is 0 Å². The summed E-state index contributed by atoms with van der Waals surface area (Å²) in [6, 6.07) is 10.6. The number of carbonyl (C=O) groups excluding carboxylic acids is 1. The molecule has 4 rings (SSSR count). The van der Waals surface area contributed by atoms with Crippen molar-refractivity contribution in [3.63, 3.8) is 0 Å². The second-order valence-corrected chi connectivity index (χ2v) is 5.25. The van der Waals surface area contributed by atoms with Crippen LogP contribution in [0.15, 0.2) is 30.3 Å². The molecule has 17 heavy (non-hydrogen) atoms. The molecule has 1 saturated carbocycles. The number of aryl methyl sites for hydroxylation is 2. The molecule has 0 atom stereocenters. The highest BCUT2D eigenvalue weighted by Gasteiger charge is 2.31. The monoisotopic (exact) mass is 222 g/mol. The molecular weight excluding hydrogens is 208 g/mol. The summed E-state index contributed by atoms with van der Waals surface area (Å²) in [7, 11) is 0. The smallest absolute Gasteiger partial charge is 0.166 e.